The number of aromatic hydroxyl groups is 1. The van der Waals surface area contributed by atoms with Crippen LogP contribution in [0, 0.1) is 17.6 Å². The van der Waals surface area contributed by atoms with Gasteiger partial charge in [0.05, 0.1) is 6.54 Å². The van der Waals surface area contributed by atoms with Crippen molar-refractivity contribution in [3.63, 3.8) is 0 Å². The van der Waals surface area contributed by atoms with Gasteiger partial charge in [-0.2, -0.15) is 0 Å². The van der Waals surface area contributed by atoms with Gasteiger partial charge < -0.3 is 24.6 Å². The number of alkyl halides is 2. The number of fused-ring (bicyclic) bond motifs is 5. The molecule has 3 aliphatic rings. The highest BCUT2D eigenvalue weighted by atomic mass is 19.3. The molecule has 5 rings (SSSR count). The highest BCUT2D eigenvalue weighted by molar-refractivity contribution is 5.99. The van der Waals surface area contributed by atoms with Crippen LogP contribution in [0.4, 0.5) is 17.6 Å². The van der Waals surface area contributed by atoms with Crippen LogP contribution in [0.3, 0.4) is 0 Å². The largest absolute Gasteiger partial charge is 0.503 e. The molecule has 2 amide bonds. The lowest BCUT2D eigenvalue weighted by molar-refractivity contribution is -0.184. The highest BCUT2D eigenvalue weighted by Gasteiger charge is 2.63. The van der Waals surface area contributed by atoms with E-state index in [2.05, 4.69) is 5.32 Å². The first-order valence-corrected chi connectivity index (χ1v) is 10.5. The SMILES string of the molecule is C[C@H]1[C@@H]2C[C@H](OC3Cn4cc(C(=O)NCc5ccc(F)cc5F)c(=O)c(O)c4C(=O)N32)C1(F)F. The van der Waals surface area contributed by atoms with E-state index in [-0.39, 0.29) is 25.1 Å². The second-order valence-electron chi connectivity index (χ2n) is 8.70. The summed E-state index contributed by atoms with van der Waals surface area (Å²) in [5.41, 5.74) is -2.14. The molecule has 1 saturated heterocycles. The van der Waals surface area contributed by atoms with Crippen LogP contribution < -0.4 is 10.7 Å². The van der Waals surface area contributed by atoms with Gasteiger partial charge in [-0.1, -0.05) is 13.0 Å². The van der Waals surface area contributed by atoms with Gasteiger partial charge in [0.15, 0.2) is 17.7 Å². The summed E-state index contributed by atoms with van der Waals surface area (Å²) in [6.07, 6.45) is -1.47. The van der Waals surface area contributed by atoms with Gasteiger partial charge in [0.2, 0.25) is 5.43 Å². The number of carbonyl (C=O) groups excluding carboxylic acids is 2. The Morgan fingerprint density at radius 3 is 2.74 bits per heavy atom. The van der Waals surface area contributed by atoms with Crippen LogP contribution in [0.25, 0.3) is 0 Å². The average molecular weight is 481 g/mol. The molecule has 1 saturated carbocycles. The number of aromatic nitrogens is 1. The molecule has 1 aromatic carbocycles. The number of carbonyl (C=O) groups is 2. The van der Waals surface area contributed by atoms with E-state index in [0.29, 0.717) is 6.07 Å². The molecule has 2 aromatic rings. The Bertz CT molecular complexity index is 1280. The standard InChI is InChI=1S/C22H19F4N3O5/c1-9-14-5-15(22(9,25)26)34-16-8-28-7-12(18(30)19(31)17(28)21(33)29(14)16)20(32)27-6-10-2-3-11(23)4-13(10)24/h2-4,7,9,14-16,31H,5-6,8H2,1H3,(H,27,32)/t9-,14-,15-,16?/m0/s1. The monoisotopic (exact) mass is 481 g/mol. The third kappa shape index (κ3) is 3.19. The number of hydrogen-bond acceptors (Lipinski definition) is 5. The predicted molar refractivity (Wildman–Crippen MR) is 107 cm³/mol. The van der Waals surface area contributed by atoms with E-state index < -0.39 is 76.1 Å². The lowest BCUT2D eigenvalue weighted by Gasteiger charge is -2.44. The second-order valence-corrected chi connectivity index (χ2v) is 8.70. The number of halogens is 4. The molecule has 12 heteroatoms. The van der Waals surface area contributed by atoms with Crippen molar-refractivity contribution in [1.29, 1.82) is 0 Å². The summed E-state index contributed by atoms with van der Waals surface area (Å²) in [5, 5.41) is 12.8. The van der Waals surface area contributed by atoms with Crippen molar-refractivity contribution in [3.8, 4) is 5.75 Å². The normalized spacial score (nSPS) is 26.7. The zero-order chi connectivity index (χ0) is 24.5. The Labute approximate surface area is 189 Å². The molecule has 2 aliphatic heterocycles. The maximum atomic E-state index is 14.5. The van der Waals surface area contributed by atoms with E-state index >= 15 is 0 Å². The van der Waals surface area contributed by atoms with Crippen LogP contribution >= 0.6 is 0 Å². The number of nitrogens with zero attached hydrogens (tertiary/aromatic N) is 2. The van der Waals surface area contributed by atoms with Gasteiger partial charge in [-0.15, -0.1) is 0 Å². The molecule has 180 valence electrons. The Kier molecular flexibility index (Phi) is 4.97. The van der Waals surface area contributed by atoms with Crippen molar-refractivity contribution in [2.45, 2.75) is 50.7 Å². The first-order chi connectivity index (χ1) is 16.0. The summed E-state index contributed by atoms with van der Waals surface area (Å²) in [5.74, 6) is -8.84. The lowest BCUT2D eigenvalue weighted by Crippen LogP contribution is -2.58. The molecule has 2 fully saturated rings. The van der Waals surface area contributed by atoms with Crippen molar-refractivity contribution >= 4 is 11.8 Å². The van der Waals surface area contributed by atoms with E-state index in [1.165, 1.54) is 6.92 Å². The number of hydrogen-bond donors (Lipinski definition) is 2. The van der Waals surface area contributed by atoms with Crippen molar-refractivity contribution in [2.24, 2.45) is 5.92 Å². The van der Waals surface area contributed by atoms with Crippen molar-refractivity contribution in [3.05, 3.63) is 63.1 Å². The highest BCUT2D eigenvalue weighted by Crippen LogP contribution is 2.50. The number of amides is 2. The average Bonchev–Trinajstić information content (AvgIpc) is 2.95. The molecule has 34 heavy (non-hydrogen) atoms. The molecule has 3 heterocycles. The minimum Gasteiger partial charge on any atom is -0.503 e. The van der Waals surface area contributed by atoms with Crippen LogP contribution in [-0.4, -0.2) is 50.7 Å². The molecule has 4 atom stereocenters. The van der Waals surface area contributed by atoms with Gasteiger partial charge in [0, 0.05) is 42.8 Å². The first kappa shape index (κ1) is 22.4. The summed E-state index contributed by atoms with van der Waals surface area (Å²) in [7, 11) is 0. The molecule has 2 bridgehead atoms. The van der Waals surface area contributed by atoms with E-state index in [0.717, 1.165) is 27.8 Å². The zero-order valence-corrected chi connectivity index (χ0v) is 17.7. The van der Waals surface area contributed by atoms with Gasteiger partial charge in [-0.25, -0.2) is 17.6 Å². The summed E-state index contributed by atoms with van der Waals surface area (Å²) in [4.78, 5) is 39.5. The van der Waals surface area contributed by atoms with Gasteiger partial charge in [-0.3, -0.25) is 14.4 Å². The molecule has 8 nitrogen and oxygen atoms in total. The van der Waals surface area contributed by atoms with Crippen LogP contribution in [0.5, 0.6) is 5.75 Å². The third-order valence-corrected chi connectivity index (χ3v) is 6.80. The number of benzene rings is 1. The van der Waals surface area contributed by atoms with E-state index in [1.807, 2.05) is 0 Å². The van der Waals surface area contributed by atoms with Crippen molar-refractivity contribution in [2.75, 3.05) is 0 Å². The fourth-order valence-corrected chi connectivity index (χ4v) is 4.92. The van der Waals surface area contributed by atoms with Crippen LogP contribution in [-0.2, 0) is 17.8 Å². The van der Waals surface area contributed by atoms with Crippen LogP contribution in [0.15, 0.2) is 29.2 Å². The topological polar surface area (TPSA) is 101 Å². The quantitative estimate of drug-likeness (QED) is 0.654. The Balaban J connectivity index is 1.45. The van der Waals surface area contributed by atoms with E-state index in [1.54, 1.807) is 0 Å². The lowest BCUT2D eigenvalue weighted by atomic mass is 10.00. The molecule has 1 unspecified atom stereocenters. The van der Waals surface area contributed by atoms with Crippen LogP contribution in [0.1, 0.15) is 39.8 Å². The van der Waals surface area contributed by atoms with Gasteiger partial charge in [-0.05, 0) is 6.07 Å². The molecule has 2 N–H and O–H groups in total. The Morgan fingerprint density at radius 2 is 2.03 bits per heavy atom. The first-order valence-electron chi connectivity index (χ1n) is 10.5. The van der Waals surface area contributed by atoms with E-state index in [4.69, 9.17) is 4.74 Å². The molecule has 1 aromatic heterocycles. The smallest absolute Gasteiger partial charge is 0.278 e. The number of pyridine rings is 1. The fourth-order valence-electron chi connectivity index (χ4n) is 4.92. The second kappa shape index (κ2) is 7.55. The van der Waals surface area contributed by atoms with Crippen molar-refractivity contribution < 1.29 is 37.0 Å². The summed E-state index contributed by atoms with van der Waals surface area (Å²) < 4.78 is 62.5. The van der Waals surface area contributed by atoms with Crippen molar-refractivity contribution in [1.82, 2.24) is 14.8 Å². The van der Waals surface area contributed by atoms with E-state index in [9.17, 15) is 37.1 Å². The molecular weight excluding hydrogens is 462 g/mol. The molecule has 0 radical (unpaired) electrons. The maximum absolute atomic E-state index is 14.5. The maximum Gasteiger partial charge on any atom is 0.278 e. The Morgan fingerprint density at radius 1 is 1.29 bits per heavy atom. The van der Waals surface area contributed by atoms with Gasteiger partial charge >= 0.3 is 0 Å². The van der Waals surface area contributed by atoms with Gasteiger partial charge in [0.1, 0.15) is 23.3 Å². The number of nitrogens with one attached hydrogen (secondary N) is 1. The predicted octanol–water partition coefficient (Wildman–Crippen LogP) is 1.99. The third-order valence-electron chi connectivity index (χ3n) is 6.80. The summed E-state index contributed by atoms with van der Waals surface area (Å²) in [6, 6.07) is 1.94. The molecule has 1 aliphatic carbocycles. The minimum absolute atomic E-state index is 0.0380. The van der Waals surface area contributed by atoms with Gasteiger partial charge in [0.25, 0.3) is 17.7 Å². The van der Waals surface area contributed by atoms with Crippen LogP contribution in [0.2, 0.25) is 0 Å². The summed E-state index contributed by atoms with van der Waals surface area (Å²) >= 11 is 0. The fraction of sp³-hybridized carbons (Fsp3) is 0.409. The molecule has 0 spiro atoms. The Hall–Kier alpha value is -3.41. The zero-order valence-electron chi connectivity index (χ0n) is 17.7. The molecular formula is C22H19F4N3O5. The number of ether oxygens (including phenoxy) is 1. The summed E-state index contributed by atoms with van der Waals surface area (Å²) in [6.45, 7) is 0.766. The number of rotatable bonds is 3. The minimum atomic E-state index is -3.15.